The summed E-state index contributed by atoms with van der Waals surface area (Å²) < 4.78 is 24.0. The van der Waals surface area contributed by atoms with Crippen molar-refractivity contribution in [2.24, 2.45) is 7.05 Å². The van der Waals surface area contributed by atoms with Crippen molar-refractivity contribution in [1.82, 2.24) is 39.2 Å². The van der Waals surface area contributed by atoms with E-state index >= 15 is 0 Å². The summed E-state index contributed by atoms with van der Waals surface area (Å²) in [6.07, 6.45) is 3.90. The van der Waals surface area contributed by atoms with Gasteiger partial charge in [-0.1, -0.05) is 17.3 Å². The van der Waals surface area contributed by atoms with Crippen LogP contribution in [0.5, 0.6) is 0 Å². The lowest BCUT2D eigenvalue weighted by molar-refractivity contribution is -0.154. The van der Waals surface area contributed by atoms with Crippen LogP contribution < -0.4 is 0 Å². The number of ether oxygens (including phenoxy) is 1. The Morgan fingerprint density at radius 3 is 2.48 bits per heavy atom. The van der Waals surface area contributed by atoms with Crippen molar-refractivity contribution in [3.8, 4) is 17.2 Å². The number of carbonyl (C=O) groups excluding carboxylic acids is 2. The van der Waals surface area contributed by atoms with Crippen LogP contribution in [0.15, 0.2) is 65.4 Å². The second-order valence-corrected chi connectivity index (χ2v) is 10.4. The van der Waals surface area contributed by atoms with Crippen LogP contribution in [0.25, 0.3) is 28.2 Å². The molecule has 5 aromatic rings. The molecule has 6 rings (SSSR count). The maximum atomic E-state index is 13.4. The van der Waals surface area contributed by atoms with E-state index in [9.17, 15) is 14.0 Å². The largest absolute Gasteiger partial charge is 0.467 e. The first-order valence-electron chi connectivity index (χ1n) is 12.5. The highest BCUT2D eigenvalue weighted by Crippen LogP contribution is 2.34. The number of aromatic nitrogens is 7. The average molecular weight is 607 g/mol. The molecule has 4 heterocycles. The third-order valence-corrected chi connectivity index (χ3v) is 7.93. The summed E-state index contributed by atoms with van der Waals surface area (Å²) in [5, 5.41) is 13.1. The molecule has 1 saturated heterocycles. The van der Waals surface area contributed by atoms with Crippen molar-refractivity contribution in [3.05, 3.63) is 76.9 Å². The Morgan fingerprint density at radius 2 is 1.77 bits per heavy atom. The summed E-state index contributed by atoms with van der Waals surface area (Å²) in [6, 6.07) is 13.6. The molecule has 0 bridgehead atoms. The molecule has 1 aliphatic rings. The molecule has 1 aliphatic heterocycles. The van der Waals surface area contributed by atoms with E-state index in [1.165, 1.54) is 28.6 Å². The molecule has 11 nitrogen and oxygen atoms in total. The van der Waals surface area contributed by atoms with E-state index in [-0.39, 0.29) is 43.3 Å². The van der Waals surface area contributed by atoms with Crippen LogP contribution in [0.3, 0.4) is 0 Å². The molecule has 0 spiro atoms. The van der Waals surface area contributed by atoms with Gasteiger partial charge in [0.1, 0.15) is 11.5 Å². The summed E-state index contributed by atoms with van der Waals surface area (Å²) in [4.78, 5) is 32.9. The van der Waals surface area contributed by atoms with Crippen LogP contribution in [-0.4, -0.2) is 71.3 Å². The molecule has 0 atom stereocenters. The van der Waals surface area contributed by atoms with Gasteiger partial charge in [0.25, 0.3) is 5.91 Å². The SMILES string of the molecule is COC(=O)C1(n2cc(-c3nc4ccccc4n3C)nn2)CCN(C(=O)c2nn(-c3ccc(F)cc3)cc2Br)CC1. The van der Waals surface area contributed by atoms with Crippen molar-refractivity contribution in [1.29, 1.82) is 0 Å². The average Bonchev–Trinajstić information content (AvgIpc) is 3.70. The van der Waals surface area contributed by atoms with Crippen LogP contribution in [0.4, 0.5) is 4.39 Å². The zero-order valence-electron chi connectivity index (χ0n) is 21.7. The maximum absolute atomic E-state index is 13.4. The van der Waals surface area contributed by atoms with Gasteiger partial charge < -0.3 is 14.2 Å². The fourth-order valence-electron chi connectivity index (χ4n) is 5.12. The highest BCUT2D eigenvalue weighted by Gasteiger charge is 2.47. The first-order chi connectivity index (χ1) is 19.3. The van der Waals surface area contributed by atoms with Crippen LogP contribution in [0.2, 0.25) is 0 Å². The first-order valence-corrected chi connectivity index (χ1v) is 13.3. The number of methoxy groups -OCH3 is 1. The Morgan fingerprint density at radius 1 is 1.05 bits per heavy atom. The van der Waals surface area contributed by atoms with Crippen LogP contribution in [0, 0.1) is 5.82 Å². The molecule has 13 heteroatoms. The van der Waals surface area contributed by atoms with Gasteiger partial charge in [0.15, 0.2) is 17.1 Å². The predicted octanol–water partition coefficient (Wildman–Crippen LogP) is 3.72. The molecule has 1 fully saturated rings. The van der Waals surface area contributed by atoms with E-state index in [4.69, 9.17) is 4.74 Å². The summed E-state index contributed by atoms with van der Waals surface area (Å²) in [5.74, 6) is -0.476. The molecular formula is C27H24BrFN8O3. The number of imidazole rings is 1. The lowest BCUT2D eigenvalue weighted by Crippen LogP contribution is -2.53. The molecule has 0 radical (unpaired) electrons. The summed E-state index contributed by atoms with van der Waals surface area (Å²) in [5.41, 5.74) is 2.01. The number of benzene rings is 2. The van der Waals surface area contributed by atoms with Gasteiger partial charge >= 0.3 is 5.97 Å². The number of likely N-dealkylation sites (tertiary alicyclic amines) is 1. The number of hydrogen-bond donors (Lipinski definition) is 0. The van der Waals surface area contributed by atoms with Gasteiger partial charge in [-0.2, -0.15) is 5.10 Å². The number of amides is 1. The Kier molecular flexibility index (Phi) is 6.45. The molecule has 0 saturated carbocycles. The minimum Gasteiger partial charge on any atom is -0.467 e. The molecule has 40 heavy (non-hydrogen) atoms. The lowest BCUT2D eigenvalue weighted by Gasteiger charge is -2.39. The van der Waals surface area contributed by atoms with Crippen LogP contribution >= 0.6 is 15.9 Å². The van der Waals surface area contributed by atoms with Gasteiger partial charge in [-0.15, -0.1) is 5.10 Å². The number of rotatable bonds is 5. The Hall–Kier alpha value is -4.39. The molecule has 2 aromatic carbocycles. The number of fused-ring (bicyclic) bond motifs is 1. The van der Waals surface area contributed by atoms with Crippen molar-refractivity contribution in [2.45, 2.75) is 18.4 Å². The van der Waals surface area contributed by atoms with Crippen molar-refractivity contribution in [2.75, 3.05) is 20.2 Å². The van der Waals surface area contributed by atoms with E-state index in [0.717, 1.165) is 11.0 Å². The molecule has 0 aliphatic carbocycles. The molecule has 0 unspecified atom stereocenters. The molecule has 1 amide bonds. The van der Waals surface area contributed by atoms with Gasteiger partial charge in [-0.25, -0.2) is 23.5 Å². The highest BCUT2D eigenvalue weighted by molar-refractivity contribution is 9.10. The summed E-state index contributed by atoms with van der Waals surface area (Å²) in [7, 11) is 3.24. The minimum absolute atomic E-state index is 0.222. The third kappa shape index (κ3) is 4.26. The fraction of sp³-hybridized carbons (Fsp3) is 0.259. The number of esters is 1. The number of carbonyl (C=O) groups is 2. The topological polar surface area (TPSA) is 113 Å². The van der Waals surface area contributed by atoms with Crippen molar-refractivity contribution in [3.63, 3.8) is 0 Å². The van der Waals surface area contributed by atoms with Gasteiger partial charge in [0.05, 0.1) is 34.5 Å². The summed E-state index contributed by atoms with van der Waals surface area (Å²) >= 11 is 3.42. The van der Waals surface area contributed by atoms with E-state index in [1.54, 1.807) is 29.4 Å². The lowest BCUT2D eigenvalue weighted by atomic mass is 9.87. The normalized spacial score (nSPS) is 14.9. The standard InChI is InChI=1S/C27H24BrFN8O3/c1-34-22-6-4-3-5-20(22)30-24(34)21-16-37(33-31-21)27(26(39)40-2)11-13-35(14-12-27)25(38)23-19(28)15-36(32-23)18-9-7-17(29)8-10-18/h3-10,15-16H,11-14H2,1-2H3. The van der Waals surface area contributed by atoms with Gasteiger partial charge in [-0.05, 0) is 52.3 Å². The van der Waals surface area contributed by atoms with E-state index in [1.807, 2.05) is 35.9 Å². The number of para-hydroxylation sites is 2. The van der Waals surface area contributed by atoms with Gasteiger partial charge in [-0.3, -0.25) is 4.79 Å². The van der Waals surface area contributed by atoms with Crippen LogP contribution in [-0.2, 0) is 22.1 Å². The summed E-state index contributed by atoms with van der Waals surface area (Å²) in [6.45, 7) is 0.538. The van der Waals surface area contributed by atoms with Gasteiger partial charge in [0.2, 0.25) is 0 Å². The van der Waals surface area contributed by atoms with Crippen LogP contribution in [0.1, 0.15) is 23.3 Å². The number of nitrogens with zero attached hydrogens (tertiary/aromatic N) is 8. The van der Waals surface area contributed by atoms with Crippen molar-refractivity contribution < 1.29 is 18.7 Å². The third-order valence-electron chi connectivity index (χ3n) is 7.35. The zero-order valence-corrected chi connectivity index (χ0v) is 23.2. The second kappa shape index (κ2) is 9.97. The smallest absolute Gasteiger partial charge is 0.334 e. The zero-order chi connectivity index (χ0) is 28.0. The Balaban J connectivity index is 1.24. The molecule has 204 valence electrons. The molecule has 3 aromatic heterocycles. The Labute approximate surface area is 236 Å². The number of piperidine rings is 1. The number of hydrogen-bond acceptors (Lipinski definition) is 7. The quantitative estimate of drug-likeness (QED) is 0.280. The molecular weight excluding hydrogens is 583 g/mol. The Bertz CT molecular complexity index is 1730. The van der Waals surface area contributed by atoms with E-state index < -0.39 is 11.5 Å². The van der Waals surface area contributed by atoms with Gasteiger partial charge in [0, 0.05) is 39.2 Å². The fourth-order valence-corrected chi connectivity index (χ4v) is 5.56. The monoisotopic (exact) mass is 606 g/mol. The first kappa shape index (κ1) is 25.9. The second-order valence-electron chi connectivity index (χ2n) is 9.59. The van der Waals surface area contributed by atoms with E-state index in [0.29, 0.717) is 21.7 Å². The highest BCUT2D eigenvalue weighted by atomic mass is 79.9. The van der Waals surface area contributed by atoms with E-state index in [2.05, 4.69) is 36.3 Å². The molecule has 0 N–H and O–H groups in total. The number of aryl methyl sites for hydroxylation is 1. The predicted molar refractivity (Wildman–Crippen MR) is 146 cm³/mol. The minimum atomic E-state index is -1.13. The van der Waals surface area contributed by atoms with Crippen molar-refractivity contribution >= 4 is 38.8 Å². The maximum Gasteiger partial charge on any atom is 0.334 e. The number of halogens is 2.